The summed E-state index contributed by atoms with van der Waals surface area (Å²) in [5.74, 6) is 0.878. The highest BCUT2D eigenvalue weighted by Crippen LogP contribution is 2.30. The molecule has 0 radical (unpaired) electrons. The van der Waals surface area contributed by atoms with Gasteiger partial charge in [-0.3, -0.25) is 4.79 Å². The van der Waals surface area contributed by atoms with Gasteiger partial charge in [-0.15, -0.1) is 0 Å². The molecule has 1 aromatic carbocycles. The maximum Gasteiger partial charge on any atom is 0.264 e. The molecule has 2 aliphatic rings. The number of piperidine rings is 1. The molecule has 2 aliphatic heterocycles. The van der Waals surface area contributed by atoms with E-state index in [0.29, 0.717) is 19.5 Å². The lowest BCUT2D eigenvalue weighted by molar-refractivity contribution is -0.143. The van der Waals surface area contributed by atoms with Crippen LogP contribution in [0.2, 0.25) is 0 Å². The Balaban J connectivity index is 1.69. The van der Waals surface area contributed by atoms with Crippen LogP contribution in [0, 0.1) is 0 Å². The Morgan fingerprint density at radius 2 is 2.29 bits per heavy atom. The van der Waals surface area contributed by atoms with Crippen LogP contribution in [0.15, 0.2) is 24.3 Å². The number of nitrogens with zero attached hydrogens (tertiary/aromatic N) is 1. The molecule has 1 fully saturated rings. The van der Waals surface area contributed by atoms with E-state index in [2.05, 4.69) is 0 Å². The summed E-state index contributed by atoms with van der Waals surface area (Å²) in [5.41, 5.74) is 6.94. The molecule has 5 nitrogen and oxygen atoms in total. The van der Waals surface area contributed by atoms with E-state index < -0.39 is 6.10 Å². The summed E-state index contributed by atoms with van der Waals surface area (Å²) in [7, 11) is 1.71. The van der Waals surface area contributed by atoms with Gasteiger partial charge in [-0.1, -0.05) is 18.2 Å². The van der Waals surface area contributed by atoms with Gasteiger partial charge in [0.25, 0.3) is 5.91 Å². The molecule has 0 aliphatic carbocycles. The molecule has 3 unspecified atom stereocenters. The number of methoxy groups -OCH3 is 1. The lowest BCUT2D eigenvalue weighted by atomic mass is 9.98. The number of fused-ring (bicyclic) bond motifs is 1. The third kappa shape index (κ3) is 2.76. The average Bonchev–Trinajstić information content (AvgIpc) is 2.97. The number of amides is 1. The number of rotatable bonds is 3. The van der Waals surface area contributed by atoms with Gasteiger partial charge in [0, 0.05) is 32.7 Å². The van der Waals surface area contributed by atoms with E-state index in [1.807, 2.05) is 29.2 Å². The van der Waals surface area contributed by atoms with Crippen LogP contribution >= 0.6 is 0 Å². The Morgan fingerprint density at radius 3 is 3.00 bits per heavy atom. The van der Waals surface area contributed by atoms with Crippen molar-refractivity contribution in [3.05, 3.63) is 29.8 Å². The fraction of sp³-hybridized carbons (Fsp3) is 0.562. The second-order valence-corrected chi connectivity index (χ2v) is 5.72. The number of hydrogen-bond donors (Lipinski definition) is 1. The molecule has 3 atom stereocenters. The summed E-state index contributed by atoms with van der Waals surface area (Å²) in [6.45, 7) is 1.15. The minimum atomic E-state index is -0.407. The molecule has 1 aromatic rings. The predicted molar refractivity (Wildman–Crippen MR) is 79.1 cm³/mol. The second kappa shape index (κ2) is 6.03. The first-order valence-electron chi connectivity index (χ1n) is 7.51. The van der Waals surface area contributed by atoms with E-state index in [-0.39, 0.29) is 18.1 Å². The summed E-state index contributed by atoms with van der Waals surface area (Å²) in [6, 6.07) is 7.88. The van der Waals surface area contributed by atoms with Crippen molar-refractivity contribution >= 4 is 5.91 Å². The van der Waals surface area contributed by atoms with Gasteiger partial charge in [0.2, 0.25) is 0 Å². The van der Waals surface area contributed by atoms with Crippen molar-refractivity contribution in [1.29, 1.82) is 0 Å². The average molecular weight is 290 g/mol. The fourth-order valence-electron chi connectivity index (χ4n) is 3.25. The van der Waals surface area contributed by atoms with Gasteiger partial charge in [0.05, 0.1) is 6.10 Å². The Bertz CT molecular complexity index is 495. The quantitative estimate of drug-likeness (QED) is 0.900. The third-order valence-electron chi connectivity index (χ3n) is 4.48. The van der Waals surface area contributed by atoms with Crippen LogP contribution in [-0.2, 0) is 16.0 Å². The summed E-state index contributed by atoms with van der Waals surface area (Å²) < 4.78 is 11.2. The molecule has 0 aromatic heterocycles. The number of benzene rings is 1. The first kappa shape index (κ1) is 14.4. The summed E-state index contributed by atoms with van der Waals surface area (Å²) in [5, 5.41) is 0. The van der Waals surface area contributed by atoms with Crippen molar-refractivity contribution in [1.82, 2.24) is 4.90 Å². The standard InChI is InChI=1S/C16H22N2O3/c1-20-13-6-7-18(12(9-13)10-17)16(19)15-8-11-4-2-3-5-14(11)21-15/h2-5,12-13,15H,6-10,17H2,1H3. The van der Waals surface area contributed by atoms with Gasteiger partial charge < -0.3 is 20.1 Å². The first-order chi connectivity index (χ1) is 10.2. The predicted octanol–water partition coefficient (Wildman–Crippen LogP) is 0.955. The molecule has 0 bridgehead atoms. The van der Waals surface area contributed by atoms with Crippen LogP contribution in [0.5, 0.6) is 5.75 Å². The molecule has 0 saturated carbocycles. The Morgan fingerprint density at radius 1 is 1.48 bits per heavy atom. The van der Waals surface area contributed by atoms with E-state index in [1.54, 1.807) is 7.11 Å². The van der Waals surface area contributed by atoms with Crippen LogP contribution in [0.4, 0.5) is 0 Å². The molecular formula is C16H22N2O3. The zero-order chi connectivity index (χ0) is 14.8. The van der Waals surface area contributed by atoms with E-state index in [9.17, 15) is 4.79 Å². The van der Waals surface area contributed by atoms with Crippen molar-refractivity contribution in [3.8, 4) is 5.75 Å². The highest BCUT2D eigenvalue weighted by Gasteiger charge is 2.37. The van der Waals surface area contributed by atoms with Crippen LogP contribution in [0.1, 0.15) is 18.4 Å². The Hall–Kier alpha value is -1.59. The van der Waals surface area contributed by atoms with Crippen molar-refractivity contribution in [2.45, 2.75) is 37.5 Å². The molecule has 5 heteroatoms. The molecule has 21 heavy (non-hydrogen) atoms. The lowest BCUT2D eigenvalue weighted by Gasteiger charge is -2.39. The van der Waals surface area contributed by atoms with Gasteiger partial charge in [-0.25, -0.2) is 0 Å². The van der Waals surface area contributed by atoms with Gasteiger partial charge in [-0.2, -0.15) is 0 Å². The molecule has 1 amide bonds. The first-order valence-corrected chi connectivity index (χ1v) is 7.51. The van der Waals surface area contributed by atoms with Crippen molar-refractivity contribution < 1.29 is 14.3 Å². The normalized spacial score (nSPS) is 28.1. The Labute approximate surface area is 125 Å². The van der Waals surface area contributed by atoms with Gasteiger partial charge in [0.15, 0.2) is 6.10 Å². The topological polar surface area (TPSA) is 64.8 Å². The molecule has 114 valence electrons. The number of ether oxygens (including phenoxy) is 2. The minimum Gasteiger partial charge on any atom is -0.480 e. The second-order valence-electron chi connectivity index (χ2n) is 5.72. The molecular weight excluding hydrogens is 268 g/mol. The number of hydrogen-bond acceptors (Lipinski definition) is 4. The lowest BCUT2D eigenvalue weighted by Crippen LogP contribution is -2.54. The molecule has 3 rings (SSSR count). The maximum absolute atomic E-state index is 12.7. The maximum atomic E-state index is 12.7. The zero-order valence-electron chi connectivity index (χ0n) is 12.3. The van der Waals surface area contributed by atoms with Crippen LogP contribution in [0.3, 0.4) is 0 Å². The highest BCUT2D eigenvalue weighted by atomic mass is 16.5. The molecule has 1 saturated heterocycles. The number of carbonyl (C=O) groups excluding carboxylic acids is 1. The van der Waals surface area contributed by atoms with Crippen molar-refractivity contribution in [2.75, 3.05) is 20.2 Å². The van der Waals surface area contributed by atoms with Crippen molar-refractivity contribution in [2.24, 2.45) is 5.73 Å². The largest absolute Gasteiger partial charge is 0.480 e. The highest BCUT2D eigenvalue weighted by molar-refractivity contribution is 5.83. The van der Waals surface area contributed by atoms with Gasteiger partial charge >= 0.3 is 0 Å². The summed E-state index contributed by atoms with van der Waals surface area (Å²) in [4.78, 5) is 14.6. The SMILES string of the molecule is COC1CCN(C(=O)C2Cc3ccccc3O2)C(CN)C1. The Kier molecular flexibility index (Phi) is 4.12. The number of nitrogens with two attached hydrogens (primary N) is 1. The summed E-state index contributed by atoms with van der Waals surface area (Å²) >= 11 is 0. The van der Waals surface area contributed by atoms with Crippen LogP contribution in [-0.4, -0.2) is 49.3 Å². The van der Waals surface area contributed by atoms with E-state index in [1.165, 1.54) is 0 Å². The van der Waals surface area contributed by atoms with E-state index >= 15 is 0 Å². The molecule has 0 spiro atoms. The van der Waals surface area contributed by atoms with Gasteiger partial charge in [0.1, 0.15) is 5.75 Å². The minimum absolute atomic E-state index is 0.0449. The number of para-hydroxylation sites is 1. The van der Waals surface area contributed by atoms with E-state index in [4.69, 9.17) is 15.2 Å². The monoisotopic (exact) mass is 290 g/mol. The number of carbonyl (C=O) groups is 1. The molecule has 2 heterocycles. The van der Waals surface area contributed by atoms with E-state index in [0.717, 1.165) is 24.2 Å². The van der Waals surface area contributed by atoms with Crippen LogP contribution in [0.25, 0.3) is 0 Å². The summed E-state index contributed by atoms with van der Waals surface area (Å²) in [6.07, 6.45) is 2.10. The molecule has 2 N–H and O–H groups in total. The van der Waals surface area contributed by atoms with Crippen molar-refractivity contribution in [3.63, 3.8) is 0 Å². The number of likely N-dealkylation sites (tertiary alicyclic amines) is 1. The van der Waals surface area contributed by atoms with Gasteiger partial charge in [-0.05, 0) is 24.5 Å². The smallest absolute Gasteiger partial charge is 0.264 e. The third-order valence-corrected chi connectivity index (χ3v) is 4.48. The van der Waals surface area contributed by atoms with Crippen LogP contribution < -0.4 is 10.5 Å². The zero-order valence-corrected chi connectivity index (χ0v) is 12.3. The fourth-order valence-corrected chi connectivity index (χ4v) is 3.25.